The predicted molar refractivity (Wildman–Crippen MR) is 91.6 cm³/mol. The Morgan fingerprint density at radius 1 is 1.19 bits per heavy atom. The van der Waals surface area contributed by atoms with Gasteiger partial charge in [0.2, 0.25) is 0 Å². The minimum atomic E-state index is -0.383. The van der Waals surface area contributed by atoms with E-state index in [0.29, 0.717) is 27.6 Å². The number of hydrogen-bond acceptors (Lipinski definition) is 2. The third kappa shape index (κ3) is 4.41. The van der Waals surface area contributed by atoms with Gasteiger partial charge in [-0.2, -0.15) is 0 Å². The van der Waals surface area contributed by atoms with Crippen molar-refractivity contribution in [3.8, 4) is 5.75 Å². The van der Waals surface area contributed by atoms with Gasteiger partial charge in [0, 0.05) is 4.47 Å². The average Bonchev–Trinajstić information content (AvgIpc) is 2.44. The minimum Gasteiger partial charge on any atom is -0.492 e. The zero-order valence-electron chi connectivity index (χ0n) is 11.3. The van der Waals surface area contributed by atoms with Crippen LogP contribution < -0.4 is 15.4 Å². The lowest BCUT2D eigenvalue weighted by molar-refractivity contribution is 0.342. The summed E-state index contributed by atoms with van der Waals surface area (Å²) in [5.74, 6) is 0.312. The Hall–Kier alpha value is -1.66. The molecule has 0 fully saturated rings. The van der Waals surface area contributed by atoms with Crippen LogP contribution in [-0.2, 0) is 0 Å². The maximum atomic E-state index is 13.7. The highest BCUT2D eigenvalue weighted by atomic mass is 79.9. The van der Waals surface area contributed by atoms with Gasteiger partial charge in [-0.05, 0) is 49.5 Å². The highest BCUT2D eigenvalue weighted by Crippen LogP contribution is 2.24. The number of anilines is 2. The molecular weight excluding hydrogens is 355 g/mol. The molecule has 0 unspecified atom stereocenters. The Bertz CT molecular complexity index is 651. The lowest BCUT2D eigenvalue weighted by Gasteiger charge is -2.14. The van der Waals surface area contributed by atoms with Crippen molar-refractivity contribution < 1.29 is 9.13 Å². The molecule has 0 saturated carbocycles. The van der Waals surface area contributed by atoms with Crippen LogP contribution in [-0.4, -0.2) is 11.7 Å². The van der Waals surface area contributed by atoms with E-state index in [4.69, 9.17) is 17.0 Å². The average molecular weight is 369 g/mol. The van der Waals surface area contributed by atoms with Gasteiger partial charge in [-0.3, -0.25) is 0 Å². The zero-order chi connectivity index (χ0) is 15.2. The van der Waals surface area contributed by atoms with E-state index >= 15 is 0 Å². The van der Waals surface area contributed by atoms with Crippen molar-refractivity contribution in [1.29, 1.82) is 0 Å². The summed E-state index contributed by atoms with van der Waals surface area (Å²) < 4.78 is 19.9. The van der Waals surface area contributed by atoms with Crippen LogP contribution in [0.15, 0.2) is 46.9 Å². The number of ether oxygens (including phenoxy) is 1. The number of halogens is 2. The molecule has 6 heteroatoms. The fraction of sp³-hybridized carbons (Fsp3) is 0.133. The Morgan fingerprint density at radius 2 is 1.90 bits per heavy atom. The van der Waals surface area contributed by atoms with E-state index in [2.05, 4.69) is 26.6 Å². The summed E-state index contributed by atoms with van der Waals surface area (Å²) in [5, 5.41) is 6.12. The Kier molecular flexibility index (Phi) is 5.52. The maximum Gasteiger partial charge on any atom is 0.175 e. The monoisotopic (exact) mass is 368 g/mol. The summed E-state index contributed by atoms with van der Waals surface area (Å²) >= 11 is 8.41. The van der Waals surface area contributed by atoms with Crippen LogP contribution in [0.1, 0.15) is 6.92 Å². The van der Waals surface area contributed by atoms with Crippen LogP contribution in [0.5, 0.6) is 5.75 Å². The summed E-state index contributed by atoms with van der Waals surface area (Å²) in [6.45, 7) is 2.46. The Balaban J connectivity index is 2.08. The summed E-state index contributed by atoms with van der Waals surface area (Å²) in [5.41, 5.74) is 1.04. The SMILES string of the molecule is CCOc1ccccc1NC(=S)Nc1ccc(Br)cc1F. The molecule has 2 aromatic carbocycles. The van der Waals surface area contributed by atoms with Crippen LogP contribution in [0, 0.1) is 5.82 Å². The second kappa shape index (κ2) is 7.38. The van der Waals surface area contributed by atoms with Crippen molar-refractivity contribution in [3.63, 3.8) is 0 Å². The van der Waals surface area contributed by atoms with Gasteiger partial charge in [-0.25, -0.2) is 4.39 Å². The number of rotatable bonds is 4. The third-order valence-corrected chi connectivity index (χ3v) is 3.31. The maximum absolute atomic E-state index is 13.7. The van der Waals surface area contributed by atoms with Gasteiger partial charge in [0.15, 0.2) is 5.11 Å². The van der Waals surface area contributed by atoms with Gasteiger partial charge < -0.3 is 15.4 Å². The van der Waals surface area contributed by atoms with Crippen molar-refractivity contribution in [3.05, 3.63) is 52.8 Å². The quantitative estimate of drug-likeness (QED) is 0.759. The second-order valence-corrected chi connectivity index (χ2v) is 5.46. The summed E-state index contributed by atoms with van der Waals surface area (Å²) in [4.78, 5) is 0. The molecule has 0 atom stereocenters. The predicted octanol–water partition coefficient (Wildman–Crippen LogP) is 4.80. The molecule has 0 aliphatic carbocycles. The first kappa shape index (κ1) is 15.7. The molecule has 0 heterocycles. The molecule has 2 rings (SSSR count). The van der Waals surface area contributed by atoms with Crippen molar-refractivity contribution in [1.82, 2.24) is 0 Å². The van der Waals surface area contributed by atoms with E-state index in [0.717, 1.165) is 5.69 Å². The summed E-state index contributed by atoms with van der Waals surface area (Å²) in [7, 11) is 0. The second-order valence-electron chi connectivity index (χ2n) is 4.13. The normalized spacial score (nSPS) is 10.0. The first-order valence-electron chi connectivity index (χ1n) is 6.35. The van der Waals surface area contributed by atoms with Crippen LogP contribution in [0.3, 0.4) is 0 Å². The summed E-state index contributed by atoms with van der Waals surface area (Å²) in [6, 6.07) is 12.2. The van der Waals surface area contributed by atoms with E-state index in [1.165, 1.54) is 6.07 Å². The molecule has 0 radical (unpaired) electrons. The van der Waals surface area contributed by atoms with E-state index in [-0.39, 0.29) is 5.82 Å². The fourth-order valence-electron chi connectivity index (χ4n) is 1.72. The number of nitrogens with one attached hydrogen (secondary N) is 2. The van der Waals surface area contributed by atoms with Crippen molar-refractivity contribution in [2.24, 2.45) is 0 Å². The van der Waals surface area contributed by atoms with E-state index in [1.54, 1.807) is 12.1 Å². The molecule has 2 aromatic rings. The smallest absolute Gasteiger partial charge is 0.175 e. The van der Waals surface area contributed by atoms with Gasteiger partial charge in [0.1, 0.15) is 11.6 Å². The third-order valence-electron chi connectivity index (χ3n) is 2.61. The van der Waals surface area contributed by atoms with E-state index < -0.39 is 0 Å². The highest BCUT2D eigenvalue weighted by molar-refractivity contribution is 9.10. The molecule has 0 aromatic heterocycles. The molecule has 0 bridgehead atoms. The molecule has 0 spiro atoms. The Labute approximate surface area is 136 Å². The van der Waals surface area contributed by atoms with E-state index in [9.17, 15) is 4.39 Å². The van der Waals surface area contributed by atoms with Crippen molar-refractivity contribution in [2.45, 2.75) is 6.92 Å². The summed E-state index contributed by atoms with van der Waals surface area (Å²) in [6.07, 6.45) is 0. The van der Waals surface area contributed by atoms with Crippen LogP contribution in [0.4, 0.5) is 15.8 Å². The standard InChI is InChI=1S/C15H14BrFN2OS/c1-2-20-14-6-4-3-5-13(14)19-15(21)18-12-8-7-10(16)9-11(12)17/h3-9H,2H2,1H3,(H2,18,19,21). The van der Waals surface area contributed by atoms with Crippen molar-refractivity contribution >= 4 is 44.6 Å². The molecule has 2 N–H and O–H groups in total. The number of thiocarbonyl (C=S) groups is 1. The topological polar surface area (TPSA) is 33.3 Å². The highest BCUT2D eigenvalue weighted by Gasteiger charge is 2.07. The van der Waals surface area contributed by atoms with Gasteiger partial charge in [-0.1, -0.05) is 28.1 Å². The first-order chi connectivity index (χ1) is 10.1. The van der Waals surface area contributed by atoms with Crippen LogP contribution in [0.2, 0.25) is 0 Å². The molecule has 0 saturated heterocycles. The van der Waals surface area contributed by atoms with Gasteiger partial charge in [0.05, 0.1) is 18.0 Å². The Morgan fingerprint density at radius 3 is 2.62 bits per heavy atom. The molecule has 0 aliphatic rings. The largest absolute Gasteiger partial charge is 0.492 e. The molecule has 0 aliphatic heterocycles. The lowest BCUT2D eigenvalue weighted by Crippen LogP contribution is -2.20. The van der Waals surface area contributed by atoms with Crippen molar-refractivity contribution in [2.75, 3.05) is 17.2 Å². The molecular formula is C15H14BrFN2OS. The van der Waals surface area contributed by atoms with Gasteiger partial charge in [0.25, 0.3) is 0 Å². The van der Waals surface area contributed by atoms with E-state index in [1.807, 2.05) is 31.2 Å². The van der Waals surface area contributed by atoms with Crippen LogP contribution in [0.25, 0.3) is 0 Å². The molecule has 0 amide bonds. The molecule has 3 nitrogen and oxygen atoms in total. The molecule has 110 valence electrons. The zero-order valence-corrected chi connectivity index (χ0v) is 13.7. The number of benzene rings is 2. The van der Waals surface area contributed by atoms with Gasteiger partial charge >= 0.3 is 0 Å². The number of para-hydroxylation sites is 2. The van der Waals surface area contributed by atoms with Gasteiger partial charge in [-0.15, -0.1) is 0 Å². The fourth-order valence-corrected chi connectivity index (χ4v) is 2.27. The van der Waals surface area contributed by atoms with Crippen LogP contribution >= 0.6 is 28.1 Å². The minimum absolute atomic E-state index is 0.295. The molecule has 21 heavy (non-hydrogen) atoms. The first-order valence-corrected chi connectivity index (χ1v) is 7.55. The number of hydrogen-bond donors (Lipinski definition) is 2. The lowest BCUT2D eigenvalue weighted by atomic mass is 10.3.